The maximum Gasteiger partial charge on any atom is 0.156 e. The minimum absolute atomic E-state index is 0.0525. The molecular weight excluding hydrogens is 340 g/mol. The summed E-state index contributed by atoms with van der Waals surface area (Å²) in [6.07, 6.45) is 12.4. The van der Waals surface area contributed by atoms with Gasteiger partial charge in [0, 0.05) is 0 Å². The Bertz CT molecular complexity index is 818. The van der Waals surface area contributed by atoms with E-state index in [1.807, 2.05) is 67.6 Å². The van der Waals surface area contributed by atoms with Crippen molar-refractivity contribution in [3.05, 3.63) is 90.0 Å². The van der Waals surface area contributed by atoms with Crippen LogP contribution >= 0.6 is 0 Å². The molecule has 0 bridgehead atoms. The summed E-state index contributed by atoms with van der Waals surface area (Å²) in [4.78, 5) is 0.862. The van der Waals surface area contributed by atoms with Crippen molar-refractivity contribution in [2.45, 2.75) is 23.5 Å². The molecule has 0 aliphatic heterocycles. The minimum atomic E-state index is -1.15. The molecule has 2 nitrogen and oxygen atoms in total. The molecule has 0 aromatic heterocycles. The van der Waals surface area contributed by atoms with E-state index in [1.54, 1.807) is 7.11 Å². The lowest BCUT2D eigenvalue weighted by Gasteiger charge is -2.35. The molecule has 0 radical (unpaired) electrons. The van der Waals surface area contributed by atoms with Gasteiger partial charge in [0.15, 0.2) is 9.64 Å². The number of aryl methyl sites for hydroxylation is 1. The van der Waals surface area contributed by atoms with Gasteiger partial charge in [-0.3, -0.25) is 0 Å². The van der Waals surface area contributed by atoms with Crippen molar-refractivity contribution in [3.8, 4) is 5.75 Å². The van der Waals surface area contributed by atoms with E-state index in [4.69, 9.17) is 4.74 Å². The Morgan fingerprint density at radius 1 is 1.04 bits per heavy atom. The number of allylic oxidation sites excluding steroid dienone is 4. The Kier molecular flexibility index (Phi) is 5.70. The smallest absolute Gasteiger partial charge is 0.156 e. The topological polar surface area (TPSA) is 32.3 Å². The molecule has 3 rings (SSSR count). The first-order valence-corrected chi connectivity index (χ1v) is 9.85. The average Bonchev–Trinajstić information content (AvgIpc) is 2.68. The third-order valence-electron chi connectivity index (χ3n) is 4.76. The van der Waals surface area contributed by atoms with Crippen LogP contribution in [0.2, 0.25) is 0 Å². The van der Waals surface area contributed by atoms with Gasteiger partial charge in [-0.15, -0.1) is 0 Å². The van der Waals surface area contributed by atoms with Gasteiger partial charge in [-0.25, -0.2) is 0 Å². The lowest BCUT2D eigenvalue weighted by molar-refractivity contribution is 0.415. The SMILES string of the molecule is COc1ccc(/C=C/C2C=CC=CC2(C)[S+]([O-])c2ccc(C)cc2)cc1. The van der Waals surface area contributed by atoms with Gasteiger partial charge >= 0.3 is 0 Å². The van der Waals surface area contributed by atoms with E-state index in [9.17, 15) is 4.55 Å². The highest BCUT2D eigenvalue weighted by Crippen LogP contribution is 2.38. The molecule has 2 aromatic rings. The highest BCUT2D eigenvalue weighted by molar-refractivity contribution is 7.93. The maximum absolute atomic E-state index is 13.3. The van der Waals surface area contributed by atoms with E-state index in [0.717, 1.165) is 16.2 Å². The summed E-state index contributed by atoms with van der Waals surface area (Å²) in [5, 5.41) is 0. The Labute approximate surface area is 159 Å². The summed E-state index contributed by atoms with van der Waals surface area (Å²) in [5.41, 5.74) is 2.27. The second-order valence-corrected chi connectivity index (χ2v) is 8.56. The van der Waals surface area contributed by atoms with Gasteiger partial charge in [0.1, 0.15) is 5.75 Å². The molecule has 1 aliphatic carbocycles. The van der Waals surface area contributed by atoms with Crippen LogP contribution in [0.4, 0.5) is 0 Å². The molecular formula is C23H24O2S. The molecule has 0 heterocycles. The van der Waals surface area contributed by atoms with Crippen molar-refractivity contribution in [2.75, 3.05) is 7.11 Å². The molecule has 0 spiro atoms. The predicted molar refractivity (Wildman–Crippen MR) is 110 cm³/mol. The van der Waals surface area contributed by atoms with E-state index >= 15 is 0 Å². The first-order chi connectivity index (χ1) is 12.5. The maximum atomic E-state index is 13.3. The molecule has 0 saturated heterocycles. The average molecular weight is 365 g/mol. The van der Waals surface area contributed by atoms with Crippen molar-refractivity contribution >= 4 is 17.3 Å². The summed E-state index contributed by atoms with van der Waals surface area (Å²) in [6.45, 7) is 4.10. The fourth-order valence-electron chi connectivity index (χ4n) is 3.02. The van der Waals surface area contributed by atoms with Crippen LogP contribution in [0.15, 0.2) is 83.8 Å². The first-order valence-electron chi connectivity index (χ1n) is 8.70. The van der Waals surface area contributed by atoms with Crippen molar-refractivity contribution in [3.63, 3.8) is 0 Å². The zero-order chi connectivity index (χ0) is 18.6. The van der Waals surface area contributed by atoms with Crippen LogP contribution in [-0.2, 0) is 11.2 Å². The molecule has 3 atom stereocenters. The van der Waals surface area contributed by atoms with Crippen LogP contribution in [0.1, 0.15) is 18.1 Å². The van der Waals surface area contributed by atoms with E-state index in [1.165, 1.54) is 5.56 Å². The minimum Gasteiger partial charge on any atom is -0.611 e. The quantitative estimate of drug-likeness (QED) is 0.672. The molecule has 0 saturated carbocycles. The molecule has 0 fully saturated rings. The second-order valence-electron chi connectivity index (χ2n) is 6.67. The van der Waals surface area contributed by atoms with Gasteiger partial charge in [-0.1, -0.05) is 60.2 Å². The fourth-order valence-corrected chi connectivity index (χ4v) is 4.52. The monoisotopic (exact) mass is 364 g/mol. The van der Waals surface area contributed by atoms with Crippen molar-refractivity contribution < 1.29 is 9.29 Å². The largest absolute Gasteiger partial charge is 0.611 e. The van der Waals surface area contributed by atoms with Crippen LogP contribution in [-0.4, -0.2) is 16.4 Å². The van der Waals surface area contributed by atoms with Gasteiger partial charge in [-0.2, -0.15) is 0 Å². The van der Waals surface area contributed by atoms with Crippen LogP contribution < -0.4 is 4.74 Å². The van der Waals surface area contributed by atoms with Crippen LogP contribution in [0.3, 0.4) is 0 Å². The lowest BCUT2D eigenvalue weighted by Crippen LogP contribution is -2.40. The zero-order valence-corrected chi connectivity index (χ0v) is 16.2. The van der Waals surface area contributed by atoms with E-state index < -0.39 is 15.9 Å². The number of hydrogen-bond donors (Lipinski definition) is 0. The molecule has 1 aliphatic rings. The Morgan fingerprint density at radius 3 is 2.38 bits per heavy atom. The van der Waals surface area contributed by atoms with Crippen molar-refractivity contribution in [2.24, 2.45) is 5.92 Å². The highest BCUT2D eigenvalue weighted by atomic mass is 32.2. The summed E-state index contributed by atoms with van der Waals surface area (Å²) >= 11 is -1.15. The number of methoxy groups -OCH3 is 1. The number of ether oxygens (including phenoxy) is 1. The fraction of sp³-hybridized carbons (Fsp3) is 0.217. The van der Waals surface area contributed by atoms with E-state index in [-0.39, 0.29) is 5.92 Å². The van der Waals surface area contributed by atoms with Gasteiger partial charge in [0.25, 0.3) is 0 Å². The summed E-state index contributed by atoms with van der Waals surface area (Å²) in [7, 11) is 1.66. The zero-order valence-electron chi connectivity index (χ0n) is 15.4. The van der Waals surface area contributed by atoms with Crippen LogP contribution in [0.25, 0.3) is 6.08 Å². The molecule has 2 aromatic carbocycles. The molecule has 0 N–H and O–H groups in total. The van der Waals surface area contributed by atoms with E-state index in [2.05, 4.69) is 31.2 Å². The van der Waals surface area contributed by atoms with E-state index in [0.29, 0.717) is 0 Å². The second kappa shape index (κ2) is 7.98. The van der Waals surface area contributed by atoms with Gasteiger partial charge in [0.2, 0.25) is 0 Å². The molecule has 3 heteroatoms. The third-order valence-corrected chi connectivity index (χ3v) is 6.67. The Balaban J connectivity index is 1.84. The van der Waals surface area contributed by atoms with Crippen LogP contribution in [0, 0.1) is 12.8 Å². The summed E-state index contributed by atoms with van der Waals surface area (Å²) < 4.78 is 18.0. The van der Waals surface area contributed by atoms with Crippen molar-refractivity contribution in [1.29, 1.82) is 0 Å². The predicted octanol–water partition coefficient (Wildman–Crippen LogP) is 5.33. The molecule has 134 valence electrons. The van der Waals surface area contributed by atoms with Crippen LogP contribution in [0.5, 0.6) is 5.75 Å². The lowest BCUT2D eigenvalue weighted by atomic mass is 9.88. The van der Waals surface area contributed by atoms with Gasteiger partial charge in [0.05, 0.1) is 13.0 Å². The summed E-state index contributed by atoms with van der Waals surface area (Å²) in [5.74, 6) is 0.893. The standard InChI is InChI=1S/C23H24O2S/c1-18-7-15-22(16-8-18)26(24)23(2)17-5-4-6-20(23)12-9-19-10-13-21(25-3)14-11-19/h4-17,20H,1-3H3/b12-9+. The Morgan fingerprint density at radius 2 is 1.73 bits per heavy atom. The normalized spacial score (nSPS) is 23.3. The third kappa shape index (κ3) is 3.95. The highest BCUT2D eigenvalue weighted by Gasteiger charge is 2.42. The summed E-state index contributed by atoms with van der Waals surface area (Å²) in [6, 6.07) is 15.9. The van der Waals surface area contributed by atoms with Crippen molar-refractivity contribution in [1.82, 2.24) is 0 Å². The van der Waals surface area contributed by atoms with Gasteiger partial charge < -0.3 is 9.29 Å². The Hall–Kier alpha value is -2.23. The first kappa shape index (κ1) is 18.6. The van der Waals surface area contributed by atoms with Gasteiger partial charge in [-0.05, 0) is 60.9 Å². The number of hydrogen-bond acceptors (Lipinski definition) is 2. The molecule has 0 amide bonds. The molecule has 3 unspecified atom stereocenters. The molecule has 26 heavy (non-hydrogen) atoms. The number of benzene rings is 2. The number of rotatable bonds is 5.